The highest BCUT2D eigenvalue weighted by Gasteiger charge is 2.38. The van der Waals surface area contributed by atoms with E-state index in [0.29, 0.717) is 0 Å². The van der Waals surface area contributed by atoms with Gasteiger partial charge in [0.15, 0.2) is 0 Å². The molecule has 0 aromatic heterocycles. The van der Waals surface area contributed by atoms with Gasteiger partial charge in [0.25, 0.3) is 0 Å². The first kappa shape index (κ1) is 10.3. The van der Waals surface area contributed by atoms with Gasteiger partial charge in [0.1, 0.15) is 5.60 Å². The summed E-state index contributed by atoms with van der Waals surface area (Å²) in [6.07, 6.45) is 8.27. The maximum absolute atomic E-state index is 10.6. The lowest BCUT2D eigenvalue weighted by atomic mass is 9.73. The highest BCUT2D eigenvalue weighted by Crippen LogP contribution is 2.40. The van der Waals surface area contributed by atoms with Crippen LogP contribution in [0.5, 0.6) is 0 Å². The van der Waals surface area contributed by atoms with Gasteiger partial charge in [0.05, 0.1) is 5.92 Å². The van der Waals surface area contributed by atoms with Crippen LogP contribution in [0.15, 0.2) is 24.3 Å². The lowest BCUT2D eigenvalue weighted by Crippen LogP contribution is -2.36. The molecule has 0 saturated carbocycles. The number of benzene rings is 1. The van der Waals surface area contributed by atoms with E-state index < -0.39 is 5.60 Å². The first-order valence-electron chi connectivity index (χ1n) is 5.45. The molecular formula is C14H16O. The van der Waals surface area contributed by atoms with E-state index in [0.717, 1.165) is 24.8 Å². The highest BCUT2D eigenvalue weighted by atomic mass is 16.3. The Morgan fingerprint density at radius 3 is 2.93 bits per heavy atom. The zero-order chi connectivity index (χ0) is 10.9. The van der Waals surface area contributed by atoms with Crippen molar-refractivity contribution in [3.8, 4) is 12.3 Å². The van der Waals surface area contributed by atoms with Crippen molar-refractivity contribution in [2.24, 2.45) is 5.92 Å². The molecule has 0 spiro atoms. The molecule has 0 amide bonds. The average molecular weight is 200 g/mol. The molecule has 78 valence electrons. The van der Waals surface area contributed by atoms with Crippen molar-refractivity contribution in [1.82, 2.24) is 0 Å². The minimum absolute atomic E-state index is 0.126. The van der Waals surface area contributed by atoms with E-state index in [1.165, 1.54) is 5.56 Å². The van der Waals surface area contributed by atoms with Crippen molar-refractivity contribution in [2.75, 3.05) is 0 Å². The number of fused-ring (bicyclic) bond motifs is 1. The number of rotatable bonds is 1. The van der Waals surface area contributed by atoms with Crippen LogP contribution in [0.2, 0.25) is 0 Å². The largest absolute Gasteiger partial charge is 0.384 e. The standard InChI is InChI=1S/C14H16O/c1-3-11(2)14(15)10-6-8-12-7-4-5-9-13(12)14/h1,4-5,7,9,11,15H,6,8,10H2,2H3/t11-,14-/m0/s1. The molecule has 1 aromatic carbocycles. The zero-order valence-electron chi connectivity index (χ0n) is 9.03. The molecule has 1 N–H and O–H groups in total. The van der Waals surface area contributed by atoms with Gasteiger partial charge in [-0.1, -0.05) is 24.3 Å². The summed E-state index contributed by atoms with van der Waals surface area (Å²) in [4.78, 5) is 0. The molecule has 15 heavy (non-hydrogen) atoms. The molecule has 0 radical (unpaired) electrons. The summed E-state index contributed by atoms with van der Waals surface area (Å²) in [6.45, 7) is 1.92. The van der Waals surface area contributed by atoms with Crippen molar-refractivity contribution in [2.45, 2.75) is 31.8 Å². The molecule has 1 aliphatic carbocycles. The summed E-state index contributed by atoms with van der Waals surface area (Å²) in [5.74, 6) is 2.54. The van der Waals surface area contributed by atoms with Crippen molar-refractivity contribution in [3.63, 3.8) is 0 Å². The molecule has 0 bridgehead atoms. The number of aryl methyl sites for hydroxylation is 1. The molecule has 1 aliphatic rings. The third-order valence-electron chi connectivity index (χ3n) is 3.45. The van der Waals surface area contributed by atoms with Gasteiger partial charge in [-0.2, -0.15) is 0 Å². The van der Waals surface area contributed by atoms with Crippen molar-refractivity contribution in [3.05, 3.63) is 35.4 Å². The van der Waals surface area contributed by atoms with Gasteiger partial charge in [-0.05, 0) is 37.3 Å². The van der Waals surface area contributed by atoms with E-state index in [4.69, 9.17) is 6.42 Å². The van der Waals surface area contributed by atoms with E-state index >= 15 is 0 Å². The fraction of sp³-hybridized carbons (Fsp3) is 0.429. The van der Waals surface area contributed by atoms with Crippen molar-refractivity contribution in [1.29, 1.82) is 0 Å². The second-order valence-electron chi connectivity index (χ2n) is 4.32. The van der Waals surface area contributed by atoms with Crippen molar-refractivity contribution < 1.29 is 5.11 Å². The lowest BCUT2D eigenvalue weighted by molar-refractivity contribution is -0.0123. The molecule has 0 aliphatic heterocycles. The molecule has 0 heterocycles. The highest BCUT2D eigenvalue weighted by molar-refractivity contribution is 5.36. The zero-order valence-corrected chi connectivity index (χ0v) is 9.03. The van der Waals surface area contributed by atoms with E-state index in [2.05, 4.69) is 12.0 Å². The van der Waals surface area contributed by atoms with E-state index in [-0.39, 0.29) is 5.92 Å². The smallest absolute Gasteiger partial charge is 0.103 e. The Bertz CT molecular complexity index is 402. The van der Waals surface area contributed by atoms with Gasteiger partial charge >= 0.3 is 0 Å². The molecule has 1 heteroatoms. The van der Waals surface area contributed by atoms with E-state index in [9.17, 15) is 5.11 Å². The number of terminal acetylenes is 1. The van der Waals surface area contributed by atoms with Gasteiger partial charge in [0.2, 0.25) is 0 Å². The Kier molecular flexibility index (Phi) is 2.54. The summed E-state index contributed by atoms with van der Waals surface area (Å²) >= 11 is 0. The monoisotopic (exact) mass is 200 g/mol. The fourth-order valence-electron chi connectivity index (χ4n) is 2.43. The molecular weight excluding hydrogens is 184 g/mol. The van der Waals surface area contributed by atoms with Gasteiger partial charge in [-0.25, -0.2) is 0 Å². The van der Waals surface area contributed by atoms with Gasteiger partial charge in [-0.15, -0.1) is 12.3 Å². The van der Waals surface area contributed by atoms with Crippen LogP contribution in [0, 0.1) is 18.3 Å². The van der Waals surface area contributed by atoms with Crippen LogP contribution in [0.25, 0.3) is 0 Å². The minimum Gasteiger partial charge on any atom is -0.384 e. The minimum atomic E-state index is -0.816. The van der Waals surface area contributed by atoms with E-state index in [1.807, 2.05) is 25.1 Å². The molecule has 0 saturated heterocycles. The molecule has 0 fully saturated rings. The Hall–Kier alpha value is -1.26. The van der Waals surface area contributed by atoms with Crippen LogP contribution >= 0.6 is 0 Å². The van der Waals surface area contributed by atoms with Crippen LogP contribution in [-0.4, -0.2) is 5.11 Å². The summed E-state index contributed by atoms with van der Waals surface area (Å²) in [5, 5.41) is 10.6. The Labute approximate surface area is 91.1 Å². The van der Waals surface area contributed by atoms with Crippen LogP contribution < -0.4 is 0 Å². The predicted octanol–water partition coefficient (Wildman–Crippen LogP) is 2.48. The van der Waals surface area contributed by atoms with Crippen LogP contribution in [0.1, 0.15) is 30.9 Å². The van der Waals surface area contributed by atoms with Crippen LogP contribution in [0.4, 0.5) is 0 Å². The van der Waals surface area contributed by atoms with Crippen molar-refractivity contribution >= 4 is 0 Å². The normalized spacial score (nSPS) is 26.5. The third-order valence-corrected chi connectivity index (χ3v) is 3.45. The molecule has 1 nitrogen and oxygen atoms in total. The number of hydrogen-bond acceptors (Lipinski definition) is 1. The predicted molar refractivity (Wildman–Crippen MR) is 61.3 cm³/mol. The third kappa shape index (κ3) is 1.56. The molecule has 2 rings (SSSR count). The average Bonchev–Trinajstić information content (AvgIpc) is 2.28. The summed E-state index contributed by atoms with van der Waals surface area (Å²) < 4.78 is 0. The lowest BCUT2D eigenvalue weighted by Gasteiger charge is -2.37. The van der Waals surface area contributed by atoms with Crippen LogP contribution in [-0.2, 0) is 12.0 Å². The summed E-state index contributed by atoms with van der Waals surface area (Å²) in [5.41, 5.74) is 1.46. The molecule has 2 atom stereocenters. The van der Waals surface area contributed by atoms with Gasteiger partial charge in [0, 0.05) is 0 Å². The summed E-state index contributed by atoms with van der Waals surface area (Å²) in [6, 6.07) is 8.08. The van der Waals surface area contributed by atoms with Crippen LogP contribution in [0.3, 0.4) is 0 Å². The topological polar surface area (TPSA) is 20.2 Å². The second-order valence-corrected chi connectivity index (χ2v) is 4.32. The fourth-order valence-corrected chi connectivity index (χ4v) is 2.43. The second kappa shape index (κ2) is 3.72. The number of hydrogen-bond donors (Lipinski definition) is 1. The quantitative estimate of drug-likeness (QED) is 0.690. The SMILES string of the molecule is C#C[C@H](C)[C@@]1(O)CCCc2ccccc21. The maximum atomic E-state index is 10.6. The maximum Gasteiger partial charge on any atom is 0.103 e. The first-order chi connectivity index (χ1) is 7.18. The van der Waals surface area contributed by atoms with E-state index in [1.54, 1.807) is 0 Å². The van der Waals surface area contributed by atoms with Gasteiger partial charge < -0.3 is 5.11 Å². The molecule has 1 aromatic rings. The van der Waals surface area contributed by atoms with Gasteiger partial charge in [-0.3, -0.25) is 0 Å². The summed E-state index contributed by atoms with van der Waals surface area (Å²) in [7, 11) is 0. The number of aliphatic hydroxyl groups is 1. The molecule has 0 unspecified atom stereocenters. The Balaban J connectivity index is 2.50. The Morgan fingerprint density at radius 2 is 2.20 bits per heavy atom. The first-order valence-corrected chi connectivity index (χ1v) is 5.45. The Morgan fingerprint density at radius 1 is 1.47 bits per heavy atom.